The van der Waals surface area contributed by atoms with Crippen LogP contribution in [0.3, 0.4) is 0 Å². The van der Waals surface area contributed by atoms with Crippen LogP contribution in [-0.4, -0.2) is 66.9 Å². The number of carbonyl (C=O) groups is 3. The lowest BCUT2D eigenvalue weighted by Gasteiger charge is -2.31. The predicted molar refractivity (Wildman–Crippen MR) is 132 cm³/mol. The van der Waals surface area contributed by atoms with Crippen molar-refractivity contribution < 1.29 is 29.0 Å². The third-order valence-electron chi connectivity index (χ3n) is 6.49. The molecule has 0 aliphatic heterocycles. The van der Waals surface area contributed by atoms with Crippen LogP contribution >= 0.6 is 0 Å². The summed E-state index contributed by atoms with van der Waals surface area (Å²) in [4.78, 5) is 38.7. The van der Waals surface area contributed by atoms with Crippen LogP contribution < -0.4 is 5.32 Å². The van der Waals surface area contributed by atoms with Crippen molar-refractivity contribution in [2.75, 3.05) is 26.9 Å². The quantitative estimate of drug-likeness (QED) is 0.443. The van der Waals surface area contributed by atoms with Gasteiger partial charge in [0.25, 0.3) is 0 Å². The summed E-state index contributed by atoms with van der Waals surface area (Å²) in [7, 11) is 1.56. The zero-order chi connectivity index (χ0) is 25.4. The molecule has 188 valence electrons. The molecule has 2 aromatic carbocycles. The number of nitrogens with one attached hydrogen (secondary N) is 1. The Labute approximate surface area is 206 Å². The molecule has 0 aromatic heterocycles. The highest BCUT2D eigenvalue weighted by Gasteiger charge is 2.32. The largest absolute Gasteiger partial charge is 0.480 e. The number of rotatable bonds is 12. The van der Waals surface area contributed by atoms with E-state index in [1.807, 2.05) is 43.3 Å². The minimum atomic E-state index is -1.10. The molecule has 1 aliphatic carbocycles. The number of nitrogens with zero attached hydrogens (tertiary/aromatic N) is 1. The van der Waals surface area contributed by atoms with E-state index < -0.39 is 30.6 Å². The van der Waals surface area contributed by atoms with Crippen molar-refractivity contribution in [3.8, 4) is 11.1 Å². The molecule has 0 bridgehead atoms. The van der Waals surface area contributed by atoms with Crippen molar-refractivity contribution in [2.45, 2.75) is 51.1 Å². The normalized spacial score (nSPS) is 13.9. The molecule has 2 N–H and O–H groups in total. The molecule has 3 rings (SSSR count). The zero-order valence-electron chi connectivity index (χ0n) is 20.5. The summed E-state index contributed by atoms with van der Waals surface area (Å²) in [6.45, 7) is 3.79. The molecular formula is C27H34N2O6. The van der Waals surface area contributed by atoms with Crippen LogP contribution in [0.25, 0.3) is 11.1 Å². The number of alkyl carbamates (subject to hydrolysis) is 1. The topological polar surface area (TPSA) is 105 Å². The van der Waals surface area contributed by atoms with Crippen molar-refractivity contribution in [1.82, 2.24) is 10.2 Å². The number of aliphatic carboxylic acids is 1. The van der Waals surface area contributed by atoms with Gasteiger partial charge < -0.3 is 24.8 Å². The summed E-state index contributed by atoms with van der Waals surface area (Å²) in [6, 6.07) is 14.9. The lowest BCUT2D eigenvalue weighted by Crippen LogP contribution is -2.52. The van der Waals surface area contributed by atoms with Crippen molar-refractivity contribution in [3.63, 3.8) is 0 Å². The third kappa shape index (κ3) is 6.39. The fraction of sp³-hybridized carbons (Fsp3) is 0.444. The second-order valence-electron chi connectivity index (χ2n) is 8.77. The molecule has 0 radical (unpaired) electrons. The fourth-order valence-corrected chi connectivity index (χ4v) is 4.49. The predicted octanol–water partition coefficient (Wildman–Crippen LogP) is 4.03. The number of carboxylic acids is 1. The molecule has 2 aromatic rings. The summed E-state index contributed by atoms with van der Waals surface area (Å²) in [5.41, 5.74) is 4.45. The number of ether oxygens (including phenoxy) is 2. The van der Waals surface area contributed by atoms with Crippen LogP contribution in [0, 0.1) is 0 Å². The Morgan fingerprint density at radius 2 is 1.66 bits per heavy atom. The first-order chi connectivity index (χ1) is 16.9. The standard InChI is InChI=1S/C27H34N2O6/c1-4-18(2)29(16-25(30)31)26(32)24(14-9-15-34-3)28-27(33)35-17-23-21-12-7-5-10-19(21)20-11-6-8-13-22(20)23/h5-8,10-13,18,23-24H,4,9,14-17H2,1-3H3,(H,28,33)(H,30,31). The first kappa shape index (κ1) is 26.2. The van der Waals surface area contributed by atoms with Gasteiger partial charge in [0, 0.05) is 25.7 Å². The molecule has 0 saturated heterocycles. The minimum Gasteiger partial charge on any atom is -0.480 e. The van der Waals surface area contributed by atoms with Gasteiger partial charge in [-0.05, 0) is 48.4 Å². The highest BCUT2D eigenvalue weighted by molar-refractivity contribution is 5.88. The third-order valence-corrected chi connectivity index (χ3v) is 6.49. The average Bonchev–Trinajstić information content (AvgIpc) is 3.18. The lowest BCUT2D eigenvalue weighted by atomic mass is 9.98. The monoisotopic (exact) mass is 482 g/mol. The fourth-order valence-electron chi connectivity index (χ4n) is 4.49. The Hall–Kier alpha value is -3.39. The summed E-state index contributed by atoms with van der Waals surface area (Å²) in [6.07, 6.45) is 0.720. The Morgan fingerprint density at radius 3 is 2.20 bits per heavy atom. The number of methoxy groups -OCH3 is 1. The Bertz CT molecular complexity index is 994. The van der Waals surface area contributed by atoms with Gasteiger partial charge in [0.1, 0.15) is 19.2 Å². The Balaban J connectivity index is 1.71. The van der Waals surface area contributed by atoms with E-state index in [1.54, 1.807) is 14.0 Å². The maximum Gasteiger partial charge on any atom is 0.407 e. The highest BCUT2D eigenvalue weighted by Crippen LogP contribution is 2.44. The number of amides is 2. The van der Waals surface area contributed by atoms with E-state index in [4.69, 9.17) is 9.47 Å². The molecule has 8 nitrogen and oxygen atoms in total. The molecule has 1 aliphatic rings. The SMILES string of the molecule is CCC(C)N(CC(=O)O)C(=O)C(CCCOC)NC(=O)OCC1c2ccccc2-c2ccccc21. The van der Waals surface area contributed by atoms with Gasteiger partial charge in [-0.1, -0.05) is 55.5 Å². The van der Waals surface area contributed by atoms with Crippen LogP contribution in [0.1, 0.15) is 50.2 Å². The van der Waals surface area contributed by atoms with E-state index in [0.717, 1.165) is 22.3 Å². The molecule has 0 saturated carbocycles. The van der Waals surface area contributed by atoms with E-state index in [2.05, 4.69) is 17.4 Å². The number of fused-ring (bicyclic) bond motifs is 3. The number of hydrogen-bond acceptors (Lipinski definition) is 5. The first-order valence-electron chi connectivity index (χ1n) is 12.0. The maximum absolute atomic E-state index is 13.2. The summed E-state index contributed by atoms with van der Waals surface area (Å²) >= 11 is 0. The number of carboxylic acid groups (broad SMARTS) is 1. The minimum absolute atomic E-state index is 0.0978. The Morgan fingerprint density at radius 1 is 1.06 bits per heavy atom. The van der Waals surface area contributed by atoms with Gasteiger partial charge in [0.05, 0.1) is 0 Å². The van der Waals surface area contributed by atoms with E-state index in [0.29, 0.717) is 25.9 Å². The second kappa shape index (κ2) is 12.4. The van der Waals surface area contributed by atoms with Gasteiger partial charge >= 0.3 is 12.1 Å². The van der Waals surface area contributed by atoms with Gasteiger partial charge in [-0.15, -0.1) is 0 Å². The van der Waals surface area contributed by atoms with E-state index in [1.165, 1.54) is 4.90 Å². The van der Waals surface area contributed by atoms with Crippen molar-refractivity contribution in [2.24, 2.45) is 0 Å². The summed E-state index contributed by atoms with van der Waals surface area (Å²) < 4.78 is 10.7. The van der Waals surface area contributed by atoms with Crippen molar-refractivity contribution >= 4 is 18.0 Å². The molecule has 2 unspecified atom stereocenters. The van der Waals surface area contributed by atoms with Crippen molar-refractivity contribution in [1.29, 1.82) is 0 Å². The van der Waals surface area contributed by atoms with Gasteiger partial charge in [-0.3, -0.25) is 9.59 Å². The second-order valence-corrected chi connectivity index (χ2v) is 8.77. The number of benzene rings is 2. The van der Waals surface area contributed by atoms with E-state index in [9.17, 15) is 19.5 Å². The molecule has 0 heterocycles. The number of carbonyl (C=O) groups excluding carboxylic acids is 2. The molecular weight excluding hydrogens is 448 g/mol. The molecule has 0 fully saturated rings. The molecule has 35 heavy (non-hydrogen) atoms. The van der Waals surface area contributed by atoms with Gasteiger partial charge in [0.2, 0.25) is 5.91 Å². The van der Waals surface area contributed by atoms with Crippen LogP contribution in [0.5, 0.6) is 0 Å². The zero-order valence-corrected chi connectivity index (χ0v) is 20.5. The van der Waals surface area contributed by atoms with Crippen LogP contribution in [0.4, 0.5) is 4.79 Å². The van der Waals surface area contributed by atoms with Crippen molar-refractivity contribution in [3.05, 3.63) is 59.7 Å². The first-order valence-corrected chi connectivity index (χ1v) is 12.0. The van der Waals surface area contributed by atoms with Crippen LogP contribution in [0.15, 0.2) is 48.5 Å². The molecule has 0 spiro atoms. The van der Waals surface area contributed by atoms with E-state index in [-0.39, 0.29) is 18.6 Å². The van der Waals surface area contributed by atoms with Crippen LogP contribution in [-0.2, 0) is 19.1 Å². The maximum atomic E-state index is 13.2. The smallest absolute Gasteiger partial charge is 0.407 e. The summed E-state index contributed by atoms with van der Waals surface area (Å²) in [5.74, 6) is -1.64. The molecule has 2 amide bonds. The van der Waals surface area contributed by atoms with Gasteiger partial charge in [0.15, 0.2) is 0 Å². The Kier molecular flexibility index (Phi) is 9.25. The van der Waals surface area contributed by atoms with E-state index >= 15 is 0 Å². The highest BCUT2D eigenvalue weighted by atomic mass is 16.5. The van der Waals surface area contributed by atoms with Gasteiger partial charge in [-0.2, -0.15) is 0 Å². The van der Waals surface area contributed by atoms with Crippen LogP contribution in [0.2, 0.25) is 0 Å². The molecule has 2 atom stereocenters. The lowest BCUT2D eigenvalue weighted by molar-refractivity contribution is -0.147. The average molecular weight is 483 g/mol. The van der Waals surface area contributed by atoms with Gasteiger partial charge in [-0.25, -0.2) is 4.79 Å². The number of hydrogen-bond donors (Lipinski definition) is 2. The summed E-state index contributed by atoms with van der Waals surface area (Å²) in [5, 5.41) is 12.0. The molecule has 8 heteroatoms.